The number of benzene rings is 2. The van der Waals surface area contributed by atoms with E-state index in [1.54, 1.807) is 46.2 Å². The summed E-state index contributed by atoms with van der Waals surface area (Å²) in [5, 5.41) is 0. The van der Waals surface area contributed by atoms with Crippen LogP contribution in [0.4, 0.5) is 0 Å². The smallest absolute Gasteiger partial charge is 0.267 e. The molecule has 0 saturated carbocycles. The summed E-state index contributed by atoms with van der Waals surface area (Å²) < 4.78 is 36.4. The molecule has 0 radical (unpaired) electrons. The first-order valence-corrected chi connectivity index (χ1v) is 12.2. The molecule has 2 aromatic rings. The van der Waals surface area contributed by atoms with Gasteiger partial charge < -0.3 is 19.3 Å². The second-order valence-corrected chi connectivity index (χ2v) is 10.1. The van der Waals surface area contributed by atoms with E-state index in [9.17, 15) is 18.0 Å². The molecule has 2 aliphatic heterocycles. The van der Waals surface area contributed by atoms with Crippen molar-refractivity contribution in [1.29, 1.82) is 0 Å². The van der Waals surface area contributed by atoms with Crippen LogP contribution in [0, 0.1) is 6.92 Å². The molecule has 2 aliphatic rings. The number of fused-ring (bicyclic) bond motifs is 1. The maximum Gasteiger partial charge on any atom is 0.267 e. The van der Waals surface area contributed by atoms with Gasteiger partial charge in [0.15, 0.2) is 21.3 Å². The molecule has 1 atom stereocenters. The predicted octanol–water partition coefficient (Wildman–Crippen LogP) is 1.67. The molecule has 32 heavy (non-hydrogen) atoms. The van der Waals surface area contributed by atoms with Gasteiger partial charge in [-0.2, -0.15) is 0 Å². The van der Waals surface area contributed by atoms with Crippen LogP contribution in [0.3, 0.4) is 0 Å². The zero-order valence-electron chi connectivity index (χ0n) is 17.9. The lowest BCUT2D eigenvalue weighted by Crippen LogP contribution is -2.55. The Bertz CT molecular complexity index is 1090. The molecule has 2 amide bonds. The number of hydrogen-bond donors (Lipinski definition) is 0. The molecule has 4 rings (SSSR count). The van der Waals surface area contributed by atoms with Crippen LogP contribution in [0.2, 0.25) is 0 Å². The van der Waals surface area contributed by atoms with Gasteiger partial charge in [-0.25, -0.2) is 8.42 Å². The standard InChI is InChI=1S/C23H26N2O6S/c1-17-6-8-18(9-7-17)32(28,29)15-10-22(26)24-11-13-25(14-12-24)23(27)21-16-30-19-4-2-3-5-20(19)31-21/h2-9,21H,10-16H2,1H3. The molecular formula is C23H26N2O6S. The van der Waals surface area contributed by atoms with Crippen LogP contribution in [0.1, 0.15) is 12.0 Å². The van der Waals surface area contributed by atoms with Crippen molar-refractivity contribution in [2.75, 3.05) is 38.5 Å². The van der Waals surface area contributed by atoms with Gasteiger partial charge in [0.25, 0.3) is 5.91 Å². The maximum atomic E-state index is 12.8. The second kappa shape index (κ2) is 9.20. The number of aryl methyl sites for hydroxylation is 1. The minimum absolute atomic E-state index is 0.0828. The maximum absolute atomic E-state index is 12.8. The van der Waals surface area contributed by atoms with Crippen LogP contribution < -0.4 is 9.47 Å². The molecule has 1 unspecified atom stereocenters. The van der Waals surface area contributed by atoms with Crippen molar-refractivity contribution in [2.24, 2.45) is 0 Å². The molecule has 2 aromatic carbocycles. The number of carbonyl (C=O) groups excluding carboxylic acids is 2. The summed E-state index contributed by atoms with van der Waals surface area (Å²) in [6.45, 7) is 3.49. The Balaban J connectivity index is 1.26. The van der Waals surface area contributed by atoms with Gasteiger partial charge in [-0.3, -0.25) is 9.59 Å². The van der Waals surface area contributed by atoms with E-state index < -0.39 is 15.9 Å². The third kappa shape index (κ3) is 4.88. The van der Waals surface area contributed by atoms with Crippen molar-refractivity contribution < 1.29 is 27.5 Å². The fraction of sp³-hybridized carbons (Fsp3) is 0.391. The van der Waals surface area contributed by atoms with Crippen LogP contribution in [0.25, 0.3) is 0 Å². The predicted molar refractivity (Wildman–Crippen MR) is 117 cm³/mol. The van der Waals surface area contributed by atoms with E-state index in [0.29, 0.717) is 37.7 Å². The highest BCUT2D eigenvalue weighted by Gasteiger charge is 2.33. The number of rotatable bonds is 5. The summed E-state index contributed by atoms with van der Waals surface area (Å²) in [5.74, 6) is 0.529. The lowest BCUT2D eigenvalue weighted by Gasteiger charge is -2.37. The largest absolute Gasteiger partial charge is 0.485 e. The molecule has 8 nitrogen and oxygen atoms in total. The van der Waals surface area contributed by atoms with E-state index in [4.69, 9.17) is 9.47 Å². The van der Waals surface area contributed by atoms with Crippen LogP contribution in [0.5, 0.6) is 11.5 Å². The minimum atomic E-state index is -3.52. The van der Waals surface area contributed by atoms with E-state index >= 15 is 0 Å². The van der Waals surface area contributed by atoms with Crippen molar-refractivity contribution in [3.8, 4) is 11.5 Å². The van der Waals surface area contributed by atoms with Crippen LogP contribution in [0.15, 0.2) is 53.4 Å². The Kier molecular flexibility index (Phi) is 6.36. The number of amides is 2. The van der Waals surface area contributed by atoms with Gasteiger partial charge in [0, 0.05) is 32.6 Å². The number of para-hydroxylation sites is 2. The highest BCUT2D eigenvalue weighted by molar-refractivity contribution is 7.91. The normalized spacial score (nSPS) is 18.3. The number of sulfone groups is 1. The molecule has 0 aliphatic carbocycles. The van der Waals surface area contributed by atoms with E-state index in [-0.39, 0.29) is 35.5 Å². The first-order chi connectivity index (χ1) is 15.3. The van der Waals surface area contributed by atoms with Crippen LogP contribution in [-0.4, -0.2) is 74.7 Å². The molecule has 0 bridgehead atoms. The molecule has 170 valence electrons. The zero-order valence-corrected chi connectivity index (χ0v) is 18.7. The van der Waals surface area contributed by atoms with E-state index in [1.807, 2.05) is 19.1 Å². The summed E-state index contributed by atoms with van der Waals surface area (Å²) >= 11 is 0. The Morgan fingerprint density at radius 1 is 0.938 bits per heavy atom. The molecule has 2 heterocycles. The number of ether oxygens (including phenoxy) is 2. The molecule has 1 saturated heterocycles. The SMILES string of the molecule is Cc1ccc(S(=O)(=O)CCC(=O)N2CCN(C(=O)C3COc4ccccc4O3)CC2)cc1. The lowest BCUT2D eigenvalue weighted by atomic mass is 10.2. The van der Waals surface area contributed by atoms with E-state index in [1.165, 1.54) is 0 Å². The van der Waals surface area contributed by atoms with Crippen molar-refractivity contribution >= 4 is 21.7 Å². The fourth-order valence-corrected chi connectivity index (χ4v) is 4.99. The van der Waals surface area contributed by atoms with E-state index in [2.05, 4.69) is 0 Å². The average Bonchev–Trinajstić information content (AvgIpc) is 2.82. The highest BCUT2D eigenvalue weighted by atomic mass is 32.2. The topological polar surface area (TPSA) is 93.2 Å². The van der Waals surface area contributed by atoms with Crippen molar-refractivity contribution in [2.45, 2.75) is 24.3 Å². The Morgan fingerprint density at radius 3 is 2.25 bits per heavy atom. The lowest BCUT2D eigenvalue weighted by molar-refractivity contribution is -0.146. The highest BCUT2D eigenvalue weighted by Crippen LogP contribution is 2.31. The number of carbonyl (C=O) groups is 2. The summed E-state index contributed by atoms with van der Waals surface area (Å²) in [5.41, 5.74) is 0.974. The number of hydrogen-bond acceptors (Lipinski definition) is 6. The number of nitrogens with zero attached hydrogens (tertiary/aromatic N) is 2. The molecule has 0 N–H and O–H groups in total. The van der Waals surface area contributed by atoms with Crippen LogP contribution in [-0.2, 0) is 19.4 Å². The fourth-order valence-electron chi connectivity index (χ4n) is 3.76. The second-order valence-electron chi connectivity index (χ2n) is 7.95. The first kappa shape index (κ1) is 22.1. The van der Waals surface area contributed by atoms with Gasteiger partial charge in [0.05, 0.1) is 10.6 Å². The average molecular weight is 459 g/mol. The third-order valence-electron chi connectivity index (χ3n) is 5.69. The molecule has 0 aromatic heterocycles. The van der Waals surface area contributed by atoms with Crippen molar-refractivity contribution in [3.05, 3.63) is 54.1 Å². The summed E-state index contributed by atoms with van der Waals surface area (Å²) in [7, 11) is -3.52. The van der Waals surface area contributed by atoms with Crippen LogP contribution >= 0.6 is 0 Å². The van der Waals surface area contributed by atoms with Gasteiger partial charge in [-0.1, -0.05) is 29.8 Å². The first-order valence-electron chi connectivity index (χ1n) is 10.6. The summed E-state index contributed by atoms with van der Waals surface area (Å²) in [6.07, 6.45) is -0.799. The summed E-state index contributed by atoms with van der Waals surface area (Å²) in [6, 6.07) is 13.8. The van der Waals surface area contributed by atoms with Gasteiger partial charge in [0.1, 0.15) is 6.61 Å². The van der Waals surface area contributed by atoms with Gasteiger partial charge in [-0.15, -0.1) is 0 Å². The zero-order chi connectivity index (χ0) is 22.7. The molecule has 9 heteroatoms. The van der Waals surface area contributed by atoms with Crippen molar-refractivity contribution in [1.82, 2.24) is 9.80 Å². The Labute approximate surface area is 187 Å². The van der Waals surface area contributed by atoms with Gasteiger partial charge >= 0.3 is 0 Å². The van der Waals surface area contributed by atoms with E-state index in [0.717, 1.165) is 5.56 Å². The number of piperazine rings is 1. The minimum Gasteiger partial charge on any atom is -0.485 e. The third-order valence-corrected chi connectivity index (χ3v) is 7.42. The monoisotopic (exact) mass is 458 g/mol. The molecule has 1 fully saturated rings. The van der Waals surface area contributed by atoms with Gasteiger partial charge in [-0.05, 0) is 31.2 Å². The summed E-state index contributed by atoms with van der Waals surface area (Å²) in [4.78, 5) is 28.9. The quantitative estimate of drug-likeness (QED) is 0.677. The van der Waals surface area contributed by atoms with Crippen molar-refractivity contribution in [3.63, 3.8) is 0 Å². The molecular weight excluding hydrogens is 432 g/mol. The van der Waals surface area contributed by atoms with Gasteiger partial charge in [0.2, 0.25) is 12.0 Å². The Hall–Kier alpha value is -3.07. The Morgan fingerprint density at radius 2 is 1.56 bits per heavy atom. The molecule has 0 spiro atoms.